The first kappa shape index (κ1) is 15.0. The summed E-state index contributed by atoms with van der Waals surface area (Å²) in [5, 5.41) is 1.65. The van der Waals surface area contributed by atoms with E-state index in [1.54, 1.807) is 18.2 Å². The highest BCUT2D eigenvalue weighted by Gasteiger charge is 2.35. The van der Waals surface area contributed by atoms with Gasteiger partial charge < -0.3 is 0 Å². The quantitative estimate of drug-likeness (QED) is 0.780. The molecule has 1 aliphatic rings. The number of benzene rings is 1. The molecule has 2 heterocycles. The molecular weight excluding hydrogens is 321 g/mol. The average molecular weight is 333 g/mol. The van der Waals surface area contributed by atoms with Crippen molar-refractivity contribution in [1.29, 1.82) is 0 Å². The molecule has 1 aromatic carbocycles. The van der Waals surface area contributed by atoms with Gasteiger partial charge in [0, 0.05) is 4.88 Å². The summed E-state index contributed by atoms with van der Waals surface area (Å²) < 4.78 is 12.9. The molecule has 1 fully saturated rings. The zero-order valence-electron chi connectivity index (χ0n) is 11.7. The van der Waals surface area contributed by atoms with Crippen LogP contribution in [0.3, 0.4) is 0 Å². The second-order valence-electron chi connectivity index (χ2n) is 4.86. The predicted molar refractivity (Wildman–Crippen MR) is 87.0 cm³/mol. The van der Waals surface area contributed by atoms with E-state index < -0.39 is 0 Å². The van der Waals surface area contributed by atoms with E-state index in [2.05, 4.69) is 0 Å². The van der Waals surface area contributed by atoms with Crippen molar-refractivity contribution in [1.82, 2.24) is 4.90 Å². The van der Waals surface area contributed by atoms with Gasteiger partial charge in [0.2, 0.25) is 0 Å². The fourth-order valence-corrected chi connectivity index (χ4v) is 3.81. The average Bonchev–Trinajstić information content (AvgIpc) is 3.00. The van der Waals surface area contributed by atoms with E-state index in [4.69, 9.17) is 0 Å². The maximum absolute atomic E-state index is 12.9. The van der Waals surface area contributed by atoms with E-state index >= 15 is 0 Å². The van der Waals surface area contributed by atoms with Gasteiger partial charge in [-0.25, -0.2) is 4.39 Å². The molecule has 112 valence electrons. The van der Waals surface area contributed by atoms with Crippen molar-refractivity contribution in [2.24, 2.45) is 0 Å². The highest BCUT2D eigenvalue weighted by Crippen LogP contribution is 2.34. The molecule has 0 saturated carbocycles. The molecule has 2 amide bonds. The number of hydrogen-bond acceptors (Lipinski definition) is 4. The van der Waals surface area contributed by atoms with Crippen molar-refractivity contribution >= 4 is 40.3 Å². The lowest BCUT2D eigenvalue weighted by molar-refractivity contribution is -0.123. The summed E-state index contributed by atoms with van der Waals surface area (Å²) in [6.45, 7) is 2.12. The number of hydrogen-bond donors (Lipinski definition) is 0. The molecule has 3 nitrogen and oxygen atoms in total. The third kappa shape index (κ3) is 2.98. The van der Waals surface area contributed by atoms with Gasteiger partial charge in [-0.2, -0.15) is 0 Å². The molecule has 0 spiro atoms. The minimum atomic E-state index is -0.342. The van der Waals surface area contributed by atoms with Gasteiger partial charge in [0.25, 0.3) is 11.1 Å². The minimum absolute atomic E-state index is 0.158. The summed E-state index contributed by atoms with van der Waals surface area (Å²) in [5.41, 5.74) is 1.80. The first-order valence-corrected chi connectivity index (χ1v) is 8.28. The summed E-state index contributed by atoms with van der Waals surface area (Å²) in [6.07, 6.45) is 1.76. The minimum Gasteiger partial charge on any atom is -0.268 e. The Kier molecular flexibility index (Phi) is 4.13. The standard InChI is InChI=1S/C16H12FNO2S2/c1-10-6-7-21-13(10)8-14-15(19)18(16(20)22-14)9-11-2-4-12(17)5-3-11/h2-8H,9H2,1H3/b14-8-. The van der Waals surface area contributed by atoms with E-state index in [1.165, 1.54) is 28.4 Å². The van der Waals surface area contributed by atoms with Gasteiger partial charge in [0.05, 0.1) is 11.4 Å². The maximum Gasteiger partial charge on any atom is 0.293 e. The van der Waals surface area contributed by atoms with Gasteiger partial charge in [-0.05, 0) is 59.5 Å². The summed E-state index contributed by atoms with van der Waals surface area (Å²) >= 11 is 2.48. The molecule has 6 heteroatoms. The molecule has 0 aliphatic carbocycles. The number of amides is 2. The summed E-state index contributed by atoms with van der Waals surface area (Å²) in [6, 6.07) is 7.76. The van der Waals surface area contributed by atoms with Gasteiger partial charge in [0.1, 0.15) is 5.82 Å². The third-order valence-corrected chi connectivity index (χ3v) is 5.16. The van der Waals surface area contributed by atoms with Crippen LogP contribution in [0.1, 0.15) is 16.0 Å². The molecule has 0 unspecified atom stereocenters. The molecule has 1 aliphatic heterocycles. The molecule has 3 rings (SSSR count). The van der Waals surface area contributed by atoms with Crippen LogP contribution in [0.25, 0.3) is 6.08 Å². The van der Waals surface area contributed by atoms with Crippen LogP contribution in [0.15, 0.2) is 40.6 Å². The van der Waals surface area contributed by atoms with Gasteiger partial charge >= 0.3 is 0 Å². The summed E-state index contributed by atoms with van der Waals surface area (Å²) in [4.78, 5) is 27.0. The Balaban J connectivity index is 1.81. The molecule has 22 heavy (non-hydrogen) atoms. The van der Waals surface area contributed by atoms with Crippen molar-refractivity contribution in [3.05, 3.63) is 62.4 Å². The van der Waals surface area contributed by atoms with Crippen LogP contribution in [0, 0.1) is 12.7 Å². The highest BCUT2D eigenvalue weighted by atomic mass is 32.2. The predicted octanol–water partition coefficient (Wildman–Crippen LogP) is 4.43. The van der Waals surface area contributed by atoms with Crippen LogP contribution >= 0.6 is 23.1 Å². The number of thiophene rings is 1. The molecular formula is C16H12FNO2S2. The summed E-state index contributed by atoms with van der Waals surface area (Å²) in [5.74, 6) is -0.641. The van der Waals surface area contributed by atoms with Crippen LogP contribution in [-0.4, -0.2) is 16.0 Å². The zero-order valence-corrected chi connectivity index (χ0v) is 13.3. The van der Waals surface area contributed by atoms with Crippen LogP contribution in [0.4, 0.5) is 9.18 Å². The first-order valence-electron chi connectivity index (χ1n) is 6.58. The third-order valence-electron chi connectivity index (χ3n) is 3.29. The lowest BCUT2D eigenvalue weighted by atomic mass is 10.2. The molecule has 0 bridgehead atoms. The molecule has 2 aromatic rings. The zero-order chi connectivity index (χ0) is 15.7. The van der Waals surface area contributed by atoms with E-state index in [9.17, 15) is 14.0 Å². The molecule has 0 radical (unpaired) electrons. The number of imide groups is 1. The molecule has 1 aromatic heterocycles. The number of aryl methyl sites for hydroxylation is 1. The van der Waals surface area contributed by atoms with Crippen molar-refractivity contribution in [2.75, 3.05) is 0 Å². The Hall–Kier alpha value is -1.92. The van der Waals surface area contributed by atoms with Gasteiger partial charge in [0.15, 0.2) is 0 Å². The smallest absolute Gasteiger partial charge is 0.268 e. The number of carbonyl (C=O) groups is 2. The van der Waals surface area contributed by atoms with E-state index in [0.29, 0.717) is 4.91 Å². The lowest BCUT2D eigenvalue weighted by Crippen LogP contribution is -2.27. The Morgan fingerprint density at radius 3 is 2.55 bits per heavy atom. The summed E-state index contributed by atoms with van der Waals surface area (Å²) in [7, 11) is 0. The van der Waals surface area contributed by atoms with Crippen LogP contribution in [0.5, 0.6) is 0 Å². The maximum atomic E-state index is 12.9. The molecule has 0 N–H and O–H groups in total. The topological polar surface area (TPSA) is 37.4 Å². The number of rotatable bonds is 3. The number of halogens is 1. The Bertz CT molecular complexity index is 765. The number of carbonyl (C=O) groups excluding carboxylic acids is 2. The largest absolute Gasteiger partial charge is 0.293 e. The van der Waals surface area contributed by atoms with Crippen LogP contribution in [-0.2, 0) is 11.3 Å². The fourth-order valence-electron chi connectivity index (χ4n) is 2.06. The second kappa shape index (κ2) is 6.06. The van der Waals surface area contributed by atoms with E-state index in [0.717, 1.165) is 27.8 Å². The molecule has 0 atom stereocenters. The number of nitrogens with zero attached hydrogens (tertiary/aromatic N) is 1. The Morgan fingerprint density at radius 2 is 1.91 bits per heavy atom. The van der Waals surface area contributed by atoms with Crippen molar-refractivity contribution in [2.45, 2.75) is 13.5 Å². The van der Waals surface area contributed by atoms with Crippen molar-refractivity contribution in [3.63, 3.8) is 0 Å². The van der Waals surface area contributed by atoms with Crippen molar-refractivity contribution < 1.29 is 14.0 Å². The Morgan fingerprint density at radius 1 is 1.18 bits per heavy atom. The monoisotopic (exact) mass is 333 g/mol. The lowest BCUT2D eigenvalue weighted by Gasteiger charge is -2.12. The SMILES string of the molecule is Cc1ccsc1/C=C1\SC(=O)N(Cc2ccc(F)cc2)C1=O. The number of thioether (sulfide) groups is 1. The normalized spacial score (nSPS) is 16.8. The van der Waals surface area contributed by atoms with E-state index in [-0.39, 0.29) is 23.5 Å². The second-order valence-corrected chi connectivity index (χ2v) is 6.80. The van der Waals surface area contributed by atoms with Gasteiger partial charge in [-0.3, -0.25) is 14.5 Å². The Labute approximate surface area is 135 Å². The van der Waals surface area contributed by atoms with Crippen LogP contribution in [0.2, 0.25) is 0 Å². The molecule has 1 saturated heterocycles. The van der Waals surface area contributed by atoms with E-state index in [1.807, 2.05) is 18.4 Å². The van der Waals surface area contributed by atoms with Gasteiger partial charge in [-0.1, -0.05) is 12.1 Å². The first-order chi connectivity index (χ1) is 10.5. The van der Waals surface area contributed by atoms with Crippen molar-refractivity contribution in [3.8, 4) is 0 Å². The highest BCUT2D eigenvalue weighted by molar-refractivity contribution is 8.18. The van der Waals surface area contributed by atoms with Gasteiger partial charge in [-0.15, -0.1) is 11.3 Å². The fraction of sp³-hybridized carbons (Fsp3) is 0.125. The van der Waals surface area contributed by atoms with Crippen LogP contribution < -0.4 is 0 Å².